The summed E-state index contributed by atoms with van der Waals surface area (Å²) in [6.07, 6.45) is 1.98. The first kappa shape index (κ1) is 16.7. The zero-order chi connectivity index (χ0) is 17.8. The van der Waals surface area contributed by atoms with Gasteiger partial charge in [0.15, 0.2) is 5.92 Å². The Hall–Kier alpha value is -3.18. The van der Waals surface area contributed by atoms with Crippen LogP contribution in [0.15, 0.2) is 36.5 Å². The number of thiazole rings is 1. The second-order valence-corrected chi connectivity index (χ2v) is 6.14. The van der Waals surface area contributed by atoms with E-state index in [2.05, 4.69) is 15.3 Å². The molecule has 1 unspecified atom stereocenters. The first-order chi connectivity index (χ1) is 12.1. The summed E-state index contributed by atoms with van der Waals surface area (Å²) in [5.41, 5.74) is 2.23. The number of hydrogen-bond acceptors (Lipinski definition) is 6. The molecule has 6 nitrogen and oxygen atoms in total. The van der Waals surface area contributed by atoms with E-state index in [1.807, 2.05) is 18.2 Å². The SMILES string of the molecule is N#CC(C(=O)NCC=O)c1nc2ccc(-c3ccc(F)nc3)cc2s1. The topological polar surface area (TPSA) is 95.7 Å². The van der Waals surface area contributed by atoms with Gasteiger partial charge in [0.1, 0.15) is 11.3 Å². The first-order valence-corrected chi connectivity index (χ1v) is 8.07. The van der Waals surface area contributed by atoms with Crippen LogP contribution in [-0.4, -0.2) is 28.7 Å². The van der Waals surface area contributed by atoms with Crippen molar-refractivity contribution in [1.29, 1.82) is 5.26 Å². The second-order valence-electron chi connectivity index (χ2n) is 5.08. The lowest BCUT2D eigenvalue weighted by Crippen LogP contribution is -2.30. The molecule has 124 valence electrons. The van der Waals surface area contributed by atoms with Gasteiger partial charge >= 0.3 is 0 Å². The third kappa shape index (κ3) is 3.51. The zero-order valence-corrected chi connectivity index (χ0v) is 13.6. The molecule has 3 aromatic rings. The fraction of sp³-hybridized carbons (Fsp3) is 0.118. The van der Waals surface area contributed by atoms with Crippen molar-refractivity contribution in [2.75, 3.05) is 6.54 Å². The summed E-state index contributed by atoms with van der Waals surface area (Å²) in [7, 11) is 0. The fourth-order valence-electron chi connectivity index (χ4n) is 2.26. The molecule has 3 rings (SSSR count). The van der Waals surface area contributed by atoms with Crippen LogP contribution < -0.4 is 5.32 Å². The number of carbonyl (C=O) groups is 2. The number of benzene rings is 1. The van der Waals surface area contributed by atoms with E-state index in [4.69, 9.17) is 0 Å². The molecular weight excluding hydrogens is 343 g/mol. The molecule has 0 aliphatic rings. The van der Waals surface area contributed by atoms with Crippen LogP contribution in [-0.2, 0) is 9.59 Å². The molecule has 0 radical (unpaired) electrons. The fourth-order valence-corrected chi connectivity index (χ4v) is 3.31. The molecule has 0 aliphatic carbocycles. The zero-order valence-electron chi connectivity index (χ0n) is 12.8. The molecule has 1 N–H and O–H groups in total. The van der Waals surface area contributed by atoms with E-state index in [9.17, 15) is 19.2 Å². The maximum atomic E-state index is 12.9. The molecule has 2 aromatic heterocycles. The minimum Gasteiger partial charge on any atom is -0.348 e. The standard InChI is InChI=1S/C17H11FN4O2S/c18-15-4-2-11(9-21-15)10-1-3-13-14(7-10)25-17(22-13)12(8-19)16(24)20-5-6-23/h1-4,6-7,9,12H,5H2,(H,20,24). The van der Waals surface area contributed by atoms with E-state index in [-0.39, 0.29) is 6.54 Å². The number of carbonyl (C=O) groups excluding carboxylic acids is 2. The van der Waals surface area contributed by atoms with Gasteiger partial charge in [0.25, 0.3) is 0 Å². The molecule has 1 amide bonds. The number of nitriles is 1. The summed E-state index contributed by atoms with van der Waals surface area (Å²) < 4.78 is 13.7. The summed E-state index contributed by atoms with van der Waals surface area (Å²) in [6.45, 7) is -0.149. The number of rotatable bonds is 5. The van der Waals surface area contributed by atoms with Crippen LogP contribution in [0.2, 0.25) is 0 Å². The molecule has 2 heterocycles. The van der Waals surface area contributed by atoms with Gasteiger partial charge in [0.2, 0.25) is 11.9 Å². The number of amides is 1. The van der Waals surface area contributed by atoms with Gasteiger partial charge < -0.3 is 10.1 Å². The van der Waals surface area contributed by atoms with E-state index in [0.29, 0.717) is 16.8 Å². The summed E-state index contributed by atoms with van der Waals surface area (Å²) in [5, 5.41) is 12.0. The minimum absolute atomic E-state index is 0.149. The quantitative estimate of drug-likeness (QED) is 0.561. The Balaban J connectivity index is 1.94. The van der Waals surface area contributed by atoms with E-state index >= 15 is 0 Å². The summed E-state index contributed by atoms with van der Waals surface area (Å²) in [6, 6.07) is 10.2. The van der Waals surface area contributed by atoms with Crippen LogP contribution in [0.5, 0.6) is 0 Å². The number of aromatic nitrogens is 2. The van der Waals surface area contributed by atoms with Crippen LogP contribution in [0.4, 0.5) is 4.39 Å². The Morgan fingerprint density at radius 3 is 2.84 bits per heavy atom. The molecule has 0 saturated carbocycles. The lowest BCUT2D eigenvalue weighted by molar-refractivity contribution is -0.122. The maximum Gasteiger partial charge on any atom is 0.244 e. The molecule has 0 fully saturated rings. The Labute approximate surface area is 146 Å². The predicted octanol–water partition coefficient (Wildman–Crippen LogP) is 2.42. The summed E-state index contributed by atoms with van der Waals surface area (Å²) in [4.78, 5) is 30.3. The number of halogens is 1. The average Bonchev–Trinajstić information content (AvgIpc) is 3.03. The van der Waals surface area contributed by atoms with Crippen LogP contribution in [0.25, 0.3) is 21.3 Å². The first-order valence-electron chi connectivity index (χ1n) is 7.25. The van der Waals surface area contributed by atoms with Gasteiger partial charge in [-0.1, -0.05) is 6.07 Å². The number of aldehydes is 1. The molecule has 1 atom stereocenters. The maximum absolute atomic E-state index is 12.9. The molecular formula is C17H11FN4O2S. The smallest absolute Gasteiger partial charge is 0.244 e. The van der Waals surface area contributed by atoms with Crippen LogP contribution >= 0.6 is 11.3 Å². The van der Waals surface area contributed by atoms with Gasteiger partial charge in [-0.3, -0.25) is 4.79 Å². The number of nitrogens with zero attached hydrogens (tertiary/aromatic N) is 3. The van der Waals surface area contributed by atoms with Gasteiger partial charge in [-0.25, -0.2) is 9.97 Å². The molecule has 25 heavy (non-hydrogen) atoms. The molecule has 0 aliphatic heterocycles. The second kappa shape index (κ2) is 7.15. The Morgan fingerprint density at radius 1 is 1.36 bits per heavy atom. The molecule has 8 heteroatoms. The normalized spacial score (nSPS) is 11.7. The van der Waals surface area contributed by atoms with Crippen molar-refractivity contribution < 1.29 is 14.0 Å². The lowest BCUT2D eigenvalue weighted by atomic mass is 10.1. The van der Waals surface area contributed by atoms with Crippen LogP contribution in [0, 0.1) is 17.3 Å². The van der Waals surface area contributed by atoms with Crippen molar-refractivity contribution in [3.63, 3.8) is 0 Å². The van der Waals surface area contributed by atoms with E-state index in [1.54, 1.807) is 12.1 Å². The van der Waals surface area contributed by atoms with Gasteiger partial charge in [-0.05, 0) is 29.8 Å². The molecule has 0 bridgehead atoms. The highest BCUT2D eigenvalue weighted by Gasteiger charge is 2.23. The van der Waals surface area contributed by atoms with Crippen molar-refractivity contribution in [1.82, 2.24) is 15.3 Å². The highest BCUT2D eigenvalue weighted by Crippen LogP contribution is 2.31. The van der Waals surface area contributed by atoms with Crippen molar-refractivity contribution in [3.05, 3.63) is 47.5 Å². The van der Waals surface area contributed by atoms with Crippen molar-refractivity contribution in [3.8, 4) is 17.2 Å². The van der Waals surface area contributed by atoms with Crippen molar-refractivity contribution >= 4 is 33.7 Å². The summed E-state index contributed by atoms with van der Waals surface area (Å²) >= 11 is 1.23. The number of fused-ring (bicyclic) bond motifs is 1. The Morgan fingerprint density at radius 2 is 2.16 bits per heavy atom. The Kier molecular flexibility index (Phi) is 4.77. The van der Waals surface area contributed by atoms with Gasteiger partial charge in [0, 0.05) is 11.8 Å². The minimum atomic E-state index is -1.08. The van der Waals surface area contributed by atoms with E-state index in [0.717, 1.165) is 15.8 Å². The Bertz CT molecular complexity index is 978. The third-order valence-corrected chi connectivity index (χ3v) is 4.55. The number of hydrogen-bond donors (Lipinski definition) is 1. The van der Waals surface area contributed by atoms with Gasteiger partial charge in [0.05, 0.1) is 22.8 Å². The number of pyridine rings is 1. The predicted molar refractivity (Wildman–Crippen MR) is 90.2 cm³/mol. The third-order valence-electron chi connectivity index (χ3n) is 3.46. The molecule has 0 spiro atoms. The van der Waals surface area contributed by atoms with Gasteiger partial charge in [-0.2, -0.15) is 9.65 Å². The average molecular weight is 354 g/mol. The monoisotopic (exact) mass is 354 g/mol. The van der Waals surface area contributed by atoms with Crippen LogP contribution in [0.1, 0.15) is 10.9 Å². The largest absolute Gasteiger partial charge is 0.348 e. The van der Waals surface area contributed by atoms with Gasteiger partial charge in [-0.15, -0.1) is 11.3 Å². The van der Waals surface area contributed by atoms with Crippen LogP contribution in [0.3, 0.4) is 0 Å². The lowest BCUT2D eigenvalue weighted by Gasteiger charge is -2.04. The molecule has 0 saturated heterocycles. The highest BCUT2D eigenvalue weighted by atomic mass is 32.1. The summed E-state index contributed by atoms with van der Waals surface area (Å²) in [5.74, 6) is -2.19. The van der Waals surface area contributed by atoms with E-state index < -0.39 is 17.8 Å². The highest BCUT2D eigenvalue weighted by molar-refractivity contribution is 7.18. The van der Waals surface area contributed by atoms with E-state index in [1.165, 1.54) is 23.6 Å². The number of nitrogens with one attached hydrogen (secondary N) is 1. The van der Waals surface area contributed by atoms with Crippen molar-refractivity contribution in [2.45, 2.75) is 5.92 Å². The molecule has 1 aromatic carbocycles. The van der Waals surface area contributed by atoms with Crippen molar-refractivity contribution in [2.24, 2.45) is 0 Å².